The van der Waals surface area contributed by atoms with Crippen molar-refractivity contribution in [2.75, 3.05) is 0 Å². The summed E-state index contributed by atoms with van der Waals surface area (Å²) in [5.74, 6) is -0.928. The van der Waals surface area contributed by atoms with E-state index in [9.17, 15) is 14.4 Å². The maximum atomic E-state index is 12.6. The fraction of sp³-hybridized carbons (Fsp3) is 0.556. The van der Waals surface area contributed by atoms with E-state index in [0.717, 1.165) is 36.1 Å². The molecule has 1 aliphatic carbocycles. The first-order valence-corrected chi connectivity index (χ1v) is 9.63. The van der Waals surface area contributed by atoms with Gasteiger partial charge in [-0.1, -0.05) is 12.8 Å². The lowest BCUT2D eigenvalue weighted by Gasteiger charge is -2.17. The van der Waals surface area contributed by atoms with Crippen LogP contribution in [-0.4, -0.2) is 33.6 Å². The minimum Gasteiger partial charge on any atom is -0.451 e. The van der Waals surface area contributed by atoms with E-state index in [-0.39, 0.29) is 24.1 Å². The highest BCUT2D eigenvalue weighted by molar-refractivity contribution is 7.18. The molecule has 0 aromatic carbocycles. The first-order chi connectivity index (χ1) is 12.4. The summed E-state index contributed by atoms with van der Waals surface area (Å²) >= 11 is 1.46. The van der Waals surface area contributed by atoms with E-state index in [0.29, 0.717) is 10.2 Å². The average Bonchev–Trinajstić information content (AvgIpc) is 3.19. The van der Waals surface area contributed by atoms with Crippen molar-refractivity contribution in [1.29, 1.82) is 0 Å². The number of rotatable bonds is 5. The molecule has 1 atom stereocenters. The van der Waals surface area contributed by atoms with Crippen molar-refractivity contribution in [1.82, 2.24) is 14.9 Å². The zero-order valence-corrected chi connectivity index (χ0v) is 16.0. The van der Waals surface area contributed by atoms with Crippen LogP contribution in [0.5, 0.6) is 0 Å². The van der Waals surface area contributed by atoms with Gasteiger partial charge in [-0.3, -0.25) is 19.0 Å². The molecule has 0 bridgehead atoms. The lowest BCUT2D eigenvalue weighted by molar-refractivity contribution is -0.155. The Morgan fingerprint density at radius 1 is 1.38 bits per heavy atom. The van der Waals surface area contributed by atoms with Gasteiger partial charge in [0, 0.05) is 10.9 Å². The van der Waals surface area contributed by atoms with E-state index in [1.54, 1.807) is 6.92 Å². The average molecular weight is 377 g/mol. The number of amides is 1. The van der Waals surface area contributed by atoms with Gasteiger partial charge in [-0.25, -0.2) is 4.98 Å². The van der Waals surface area contributed by atoms with E-state index in [1.807, 2.05) is 13.8 Å². The summed E-state index contributed by atoms with van der Waals surface area (Å²) in [6.07, 6.45) is 4.61. The highest BCUT2D eigenvalue weighted by atomic mass is 32.1. The molecule has 0 radical (unpaired) electrons. The molecule has 1 fully saturated rings. The fourth-order valence-corrected chi connectivity index (χ4v) is 4.19. The zero-order chi connectivity index (χ0) is 18.8. The van der Waals surface area contributed by atoms with Gasteiger partial charge in [0.1, 0.15) is 11.4 Å². The minimum absolute atomic E-state index is 0.169. The monoisotopic (exact) mass is 377 g/mol. The third-order valence-electron chi connectivity index (χ3n) is 4.83. The molecule has 1 amide bonds. The summed E-state index contributed by atoms with van der Waals surface area (Å²) in [6, 6.07) is 0.169. The number of aryl methyl sites for hydroxylation is 2. The Morgan fingerprint density at radius 3 is 2.77 bits per heavy atom. The van der Waals surface area contributed by atoms with E-state index in [4.69, 9.17) is 4.74 Å². The molecule has 0 unspecified atom stereocenters. The molecule has 2 heterocycles. The molecular weight excluding hydrogens is 354 g/mol. The summed E-state index contributed by atoms with van der Waals surface area (Å²) in [7, 11) is 0. The molecule has 1 N–H and O–H groups in total. The number of nitrogens with one attached hydrogen (secondary N) is 1. The Hall–Kier alpha value is -2.22. The van der Waals surface area contributed by atoms with Crippen molar-refractivity contribution in [2.24, 2.45) is 0 Å². The van der Waals surface area contributed by atoms with Crippen LogP contribution >= 0.6 is 11.3 Å². The van der Waals surface area contributed by atoms with E-state index < -0.39 is 12.1 Å². The Bertz CT molecular complexity index is 896. The van der Waals surface area contributed by atoms with Crippen molar-refractivity contribution in [3.8, 4) is 0 Å². The third kappa shape index (κ3) is 3.80. The number of thiophene rings is 1. The number of hydrogen-bond acceptors (Lipinski definition) is 6. The molecule has 8 heteroatoms. The minimum atomic E-state index is -0.888. The lowest BCUT2D eigenvalue weighted by atomic mass is 10.2. The Balaban J connectivity index is 1.65. The molecule has 2 aromatic rings. The number of carbonyl (C=O) groups excluding carboxylic acids is 2. The second-order valence-corrected chi connectivity index (χ2v) is 7.97. The number of carbonyl (C=O) groups is 2. The summed E-state index contributed by atoms with van der Waals surface area (Å²) in [5.41, 5.74) is 0.617. The van der Waals surface area contributed by atoms with Crippen molar-refractivity contribution in [2.45, 2.75) is 65.1 Å². The summed E-state index contributed by atoms with van der Waals surface area (Å²) in [6.45, 7) is 5.08. The molecule has 1 saturated carbocycles. The van der Waals surface area contributed by atoms with Crippen LogP contribution in [0.4, 0.5) is 0 Å². The summed E-state index contributed by atoms with van der Waals surface area (Å²) in [4.78, 5) is 42.8. The smallest absolute Gasteiger partial charge is 0.326 e. The van der Waals surface area contributed by atoms with Crippen LogP contribution < -0.4 is 10.9 Å². The van der Waals surface area contributed by atoms with Gasteiger partial charge in [-0.2, -0.15) is 0 Å². The highest BCUT2D eigenvalue weighted by Crippen LogP contribution is 2.25. The number of ether oxygens (including phenoxy) is 1. The second-order valence-electron chi connectivity index (χ2n) is 6.76. The van der Waals surface area contributed by atoms with Crippen LogP contribution in [0.1, 0.15) is 43.0 Å². The maximum Gasteiger partial charge on any atom is 0.326 e. The topological polar surface area (TPSA) is 90.3 Å². The number of aromatic nitrogens is 2. The third-order valence-corrected chi connectivity index (χ3v) is 5.95. The maximum absolute atomic E-state index is 12.6. The SMILES string of the molecule is Cc1sc2ncn(CC(=O)O[C@H](C)C(=O)NC3CCCC3)c(=O)c2c1C. The number of fused-ring (bicyclic) bond motifs is 1. The van der Waals surface area contributed by atoms with Gasteiger partial charge >= 0.3 is 5.97 Å². The van der Waals surface area contributed by atoms with E-state index in [1.165, 1.54) is 22.2 Å². The quantitative estimate of drug-likeness (QED) is 0.806. The number of hydrogen-bond donors (Lipinski definition) is 1. The van der Waals surface area contributed by atoms with E-state index >= 15 is 0 Å². The molecule has 140 valence electrons. The molecule has 0 spiro atoms. The first-order valence-electron chi connectivity index (χ1n) is 8.82. The van der Waals surface area contributed by atoms with Gasteiger partial charge in [0.15, 0.2) is 6.10 Å². The fourth-order valence-electron chi connectivity index (χ4n) is 3.20. The Labute approximate surface area is 155 Å². The molecular formula is C18H23N3O4S. The van der Waals surface area contributed by atoms with Crippen molar-refractivity contribution in [3.63, 3.8) is 0 Å². The van der Waals surface area contributed by atoms with Crippen molar-refractivity contribution in [3.05, 3.63) is 27.1 Å². The molecule has 7 nitrogen and oxygen atoms in total. The zero-order valence-electron chi connectivity index (χ0n) is 15.2. The van der Waals surface area contributed by atoms with Crippen LogP contribution in [0.2, 0.25) is 0 Å². The number of nitrogens with zero attached hydrogens (tertiary/aromatic N) is 2. The molecule has 3 rings (SSSR count). The van der Waals surface area contributed by atoms with Gasteiger partial charge < -0.3 is 10.1 Å². The molecule has 1 aliphatic rings. The van der Waals surface area contributed by atoms with Crippen molar-refractivity contribution < 1.29 is 14.3 Å². The van der Waals surface area contributed by atoms with Crippen LogP contribution in [-0.2, 0) is 20.9 Å². The largest absolute Gasteiger partial charge is 0.451 e. The van der Waals surface area contributed by atoms with Crippen LogP contribution in [0.25, 0.3) is 10.2 Å². The number of esters is 1. The van der Waals surface area contributed by atoms with Crippen LogP contribution in [0, 0.1) is 13.8 Å². The van der Waals surface area contributed by atoms with Gasteiger partial charge in [-0.05, 0) is 39.2 Å². The van der Waals surface area contributed by atoms with Crippen molar-refractivity contribution >= 4 is 33.4 Å². The standard InChI is InChI=1S/C18H23N3O4S/c1-10-12(3)26-17-15(10)18(24)21(9-19-17)8-14(22)25-11(2)16(23)20-13-6-4-5-7-13/h9,11,13H,4-8H2,1-3H3,(H,20,23)/t11-/m1/s1. The molecule has 0 saturated heterocycles. The van der Waals surface area contributed by atoms with Gasteiger partial charge in [0.2, 0.25) is 0 Å². The normalized spacial score (nSPS) is 16.0. The van der Waals surface area contributed by atoms with Crippen LogP contribution in [0.15, 0.2) is 11.1 Å². The predicted molar refractivity (Wildman–Crippen MR) is 99.3 cm³/mol. The van der Waals surface area contributed by atoms with Gasteiger partial charge in [0.05, 0.1) is 11.7 Å². The highest BCUT2D eigenvalue weighted by Gasteiger charge is 2.23. The van der Waals surface area contributed by atoms with E-state index in [2.05, 4.69) is 10.3 Å². The first kappa shape index (κ1) is 18.6. The Morgan fingerprint density at radius 2 is 2.08 bits per heavy atom. The summed E-state index contributed by atoms with van der Waals surface area (Å²) < 4.78 is 6.42. The van der Waals surface area contributed by atoms with Crippen LogP contribution in [0.3, 0.4) is 0 Å². The second kappa shape index (κ2) is 7.57. The predicted octanol–water partition coefficient (Wildman–Crippen LogP) is 2.07. The van der Waals surface area contributed by atoms with Gasteiger partial charge in [-0.15, -0.1) is 11.3 Å². The summed E-state index contributed by atoms with van der Waals surface area (Å²) in [5, 5.41) is 3.43. The molecule has 2 aromatic heterocycles. The lowest BCUT2D eigenvalue weighted by Crippen LogP contribution is -2.41. The molecule has 26 heavy (non-hydrogen) atoms. The Kier molecular flexibility index (Phi) is 5.41. The molecule has 0 aliphatic heterocycles. The van der Waals surface area contributed by atoms with Gasteiger partial charge in [0.25, 0.3) is 11.5 Å².